The fourth-order valence-electron chi connectivity index (χ4n) is 3.50. The van der Waals surface area contributed by atoms with E-state index < -0.39 is 0 Å². The summed E-state index contributed by atoms with van der Waals surface area (Å²) in [5.74, 6) is 3.82. The highest BCUT2D eigenvalue weighted by atomic mass is 15.3. The van der Waals surface area contributed by atoms with Gasteiger partial charge in [0.15, 0.2) is 0 Å². The van der Waals surface area contributed by atoms with Gasteiger partial charge in [-0.3, -0.25) is 0 Å². The first kappa shape index (κ1) is 13.0. The number of para-hydroxylation sites is 2. The third-order valence-corrected chi connectivity index (χ3v) is 4.88. The predicted molar refractivity (Wildman–Crippen MR) is 89.7 cm³/mol. The fourth-order valence-corrected chi connectivity index (χ4v) is 3.50. The maximum absolute atomic E-state index is 4.91. The molecular formula is C18H19N5. The van der Waals surface area contributed by atoms with E-state index in [1.165, 1.54) is 24.2 Å². The number of imidazole rings is 1. The van der Waals surface area contributed by atoms with Crippen LogP contribution in [0.25, 0.3) is 11.0 Å². The van der Waals surface area contributed by atoms with E-state index >= 15 is 0 Å². The smallest absolute Gasteiger partial charge is 0.132 e. The molecule has 5 heteroatoms. The van der Waals surface area contributed by atoms with Crippen LogP contribution >= 0.6 is 0 Å². The Hall–Kier alpha value is -2.43. The van der Waals surface area contributed by atoms with Gasteiger partial charge in [0, 0.05) is 25.2 Å². The van der Waals surface area contributed by atoms with Gasteiger partial charge in [0.25, 0.3) is 0 Å². The van der Waals surface area contributed by atoms with Crippen molar-refractivity contribution in [2.45, 2.75) is 31.7 Å². The summed E-state index contributed by atoms with van der Waals surface area (Å²) < 4.78 is 2.48. The lowest BCUT2D eigenvalue weighted by molar-refractivity contribution is 0.395. The number of anilines is 1. The minimum atomic E-state index is 0.494. The van der Waals surface area contributed by atoms with E-state index in [1.807, 2.05) is 19.2 Å². The lowest BCUT2D eigenvalue weighted by Crippen LogP contribution is -2.48. The summed E-state index contributed by atoms with van der Waals surface area (Å²) in [7, 11) is 0. The Morgan fingerprint density at radius 3 is 2.65 bits per heavy atom. The third-order valence-electron chi connectivity index (χ3n) is 4.88. The van der Waals surface area contributed by atoms with Crippen molar-refractivity contribution in [1.29, 1.82) is 0 Å². The zero-order valence-electron chi connectivity index (χ0n) is 13.2. The van der Waals surface area contributed by atoms with Gasteiger partial charge in [-0.05, 0) is 38.0 Å². The Bertz CT molecular complexity index is 874. The van der Waals surface area contributed by atoms with Gasteiger partial charge in [-0.25, -0.2) is 15.0 Å². The molecule has 2 fully saturated rings. The van der Waals surface area contributed by atoms with Crippen LogP contribution in [0.1, 0.15) is 36.5 Å². The second kappa shape index (κ2) is 4.78. The van der Waals surface area contributed by atoms with E-state index in [9.17, 15) is 0 Å². The molecule has 1 saturated heterocycles. The van der Waals surface area contributed by atoms with Crippen molar-refractivity contribution in [2.75, 3.05) is 18.0 Å². The second-order valence-corrected chi connectivity index (χ2v) is 6.62. The van der Waals surface area contributed by atoms with E-state index in [2.05, 4.69) is 43.7 Å². The summed E-state index contributed by atoms with van der Waals surface area (Å²) in [4.78, 5) is 15.9. The van der Waals surface area contributed by atoms with Crippen LogP contribution in [0.4, 0.5) is 5.82 Å². The molecule has 0 bridgehead atoms. The van der Waals surface area contributed by atoms with Gasteiger partial charge in [-0.15, -0.1) is 0 Å². The first-order valence-electron chi connectivity index (χ1n) is 8.31. The number of hydrogen-bond donors (Lipinski definition) is 0. The number of fused-ring (bicyclic) bond motifs is 1. The predicted octanol–water partition coefficient (Wildman–Crippen LogP) is 3.07. The van der Waals surface area contributed by atoms with Gasteiger partial charge in [0.1, 0.15) is 17.5 Å². The van der Waals surface area contributed by atoms with Gasteiger partial charge in [-0.1, -0.05) is 12.1 Å². The molecule has 2 aromatic heterocycles. The summed E-state index contributed by atoms with van der Waals surface area (Å²) in [6.45, 7) is 3.93. The number of nitrogens with zero attached hydrogens (tertiary/aromatic N) is 5. The van der Waals surface area contributed by atoms with E-state index in [0.717, 1.165) is 30.2 Å². The van der Waals surface area contributed by atoms with Crippen molar-refractivity contribution >= 4 is 16.9 Å². The fraction of sp³-hybridized carbons (Fsp3) is 0.389. The lowest BCUT2D eigenvalue weighted by atomic mass is 10.1. The normalized spacial score (nSPS) is 18.4. The number of aryl methyl sites for hydroxylation is 1. The van der Waals surface area contributed by atoms with Gasteiger partial charge in [-0.2, -0.15) is 0 Å². The zero-order valence-corrected chi connectivity index (χ0v) is 13.2. The van der Waals surface area contributed by atoms with E-state index in [4.69, 9.17) is 4.98 Å². The van der Waals surface area contributed by atoms with Crippen molar-refractivity contribution in [3.63, 3.8) is 0 Å². The molecule has 0 N–H and O–H groups in total. The van der Waals surface area contributed by atoms with E-state index in [-0.39, 0.29) is 0 Å². The molecular weight excluding hydrogens is 286 g/mol. The van der Waals surface area contributed by atoms with Crippen molar-refractivity contribution in [3.05, 3.63) is 48.2 Å². The van der Waals surface area contributed by atoms with Crippen molar-refractivity contribution in [1.82, 2.24) is 19.5 Å². The Morgan fingerprint density at radius 2 is 1.87 bits per heavy atom. The summed E-state index contributed by atoms with van der Waals surface area (Å²) in [5, 5.41) is 0. The number of benzene rings is 1. The molecule has 1 aliphatic carbocycles. The number of hydrogen-bond acceptors (Lipinski definition) is 4. The van der Waals surface area contributed by atoms with Crippen LogP contribution in [-0.2, 0) is 0 Å². The molecule has 0 atom stereocenters. The van der Waals surface area contributed by atoms with Crippen LogP contribution in [0, 0.1) is 6.92 Å². The SMILES string of the molecule is Cc1nccc(N2CC(n3c(C4CC4)nc4ccccc43)C2)n1. The molecule has 1 aliphatic heterocycles. The van der Waals surface area contributed by atoms with Crippen LogP contribution in [0.2, 0.25) is 0 Å². The van der Waals surface area contributed by atoms with E-state index in [1.54, 1.807) is 0 Å². The number of rotatable bonds is 3. The molecule has 1 aromatic carbocycles. The summed E-state index contributed by atoms with van der Waals surface area (Å²) >= 11 is 0. The minimum absolute atomic E-state index is 0.494. The Morgan fingerprint density at radius 1 is 1.04 bits per heavy atom. The molecule has 0 amide bonds. The molecule has 3 aromatic rings. The van der Waals surface area contributed by atoms with Crippen LogP contribution in [0.15, 0.2) is 36.5 Å². The molecule has 3 heterocycles. The standard InChI is InChI=1S/C18H19N5/c1-12-19-9-8-17(20-12)22-10-14(11-22)23-16-5-3-2-4-15(16)21-18(23)13-6-7-13/h2-5,8-9,13-14H,6-7,10-11H2,1H3. The molecule has 0 unspecified atom stereocenters. The maximum Gasteiger partial charge on any atom is 0.132 e. The van der Waals surface area contributed by atoms with Gasteiger partial charge in [0.05, 0.1) is 17.1 Å². The quantitative estimate of drug-likeness (QED) is 0.746. The average Bonchev–Trinajstić information content (AvgIpc) is 3.29. The Labute approximate surface area is 135 Å². The van der Waals surface area contributed by atoms with Crippen LogP contribution in [0.3, 0.4) is 0 Å². The molecule has 1 saturated carbocycles. The van der Waals surface area contributed by atoms with E-state index in [0.29, 0.717) is 12.0 Å². The van der Waals surface area contributed by atoms with Gasteiger partial charge in [0.2, 0.25) is 0 Å². The van der Waals surface area contributed by atoms with Crippen molar-refractivity contribution in [3.8, 4) is 0 Å². The highest BCUT2D eigenvalue weighted by Crippen LogP contribution is 2.43. The topological polar surface area (TPSA) is 46.8 Å². The molecule has 23 heavy (non-hydrogen) atoms. The first-order valence-corrected chi connectivity index (χ1v) is 8.31. The largest absolute Gasteiger partial charge is 0.352 e. The zero-order chi connectivity index (χ0) is 15.4. The summed E-state index contributed by atoms with van der Waals surface area (Å²) in [6.07, 6.45) is 4.41. The Balaban J connectivity index is 1.47. The third kappa shape index (κ3) is 2.11. The molecule has 5 rings (SSSR count). The highest BCUT2D eigenvalue weighted by molar-refractivity contribution is 5.76. The van der Waals surface area contributed by atoms with Crippen LogP contribution < -0.4 is 4.90 Å². The van der Waals surface area contributed by atoms with Crippen LogP contribution in [0.5, 0.6) is 0 Å². The number of aromatic nitrogens is 4. The Kier molecular flexibility index (Phi) is 2.71. The highest BCUT2D eigenvalue weighted by Gasteiger charge is 2.36. The van der Waals surface area contributed by atoms with Gasteiger partial charge < -0.3 is 9.47 Å². The second-order valence-electron chi connectivity index (χ2n) is 6.62. The lowest BCUT2D eigenvalue weighted by Gasteiger charge is -2.41. The molecule has 0 spiro atoms. The first-order chi connectivity index (χ1) is 11.3. The average molecular weight is 305 g/mol. The summed E-state index contributed by atoms with van der Waals surface area (Å²) in [6, 6.07) is 11.0. The summed E-state index contributed by atoms with van der Waals surface area (Å²) in [5.41, 5.74) is 2.41. The molecule has 2 aliphatic rings. The molecule has 0 radical (unpaired) electrons. The van der Waals surface area contributed by atoms with Gasteiger partial charge >= 0.3 is 0 Å². The monoisotopic (exact) mass is 305 g/mol. The minimum Gasteiger partial charge on any atom is -0.352 e. The van der Waals surface area contributed by atoms with Crippen molar-refractivity contribution in [2.24, 2.45) is 0 Å². The molecule has 5 nitrogen and oxygen atoms in total. The maximum atomic E-state index is 4.91. The molecule has 116 valence electrons. The van der Waals surface area contributed by atoms with Crippen molar-refractivity contribution < 1.29 is 0 Å². The van der Waals surface area contributed by atoms with Crippen LogP contribution in [-0.4, -0.2) is 32.6 Å².